The van der Waals surface area contributed by atoms with Crippen LogP contribution in [0.4, 0.5) is 4.39 Å². The van der Waals surface area contributed by atoms with Crippen LogP contribution in [0.25, 0.3) is 0 Å². The van der Waals surface area contributed by atoms with Crippen LogP contribution in [0.15, 0.2) is 18.2 Å². The number of benzene rings is 1. The number of rotatable bonds is 7. The zero-order valence-corrected chi connectivity index (χ0v) is 13.1. The van der Waals surface area contributed by atoms with Crippen molar-refractivity contribution in [2.75, 3.05) is 6.54 Å². The Morgan fingerprint density at radius 3 is 2.75 bits per heavy atom. The van der Waals surface area contributed by atoms with Crippen LogP contribution in [0.2, 0.25) is 5.02 Å². The molecule has 1 aliphatic carbocycles. The van der Waals surface area contributed by atoms with Crippen molar-refractivity contribution in [3.8, 4) is 0 Å². The first kappa shape index (κ1) is 15.8. The van der Waals surface area contributed by atoms with Crippen molar-refractivity contribution in [1.29, 1.82) is 0 Å². The van der Waals surface area contributed by atoms with Crippen molar-refractivity contribution >= 4 is 11.6 Å². The number of likely N-dealkylation sites (N-methyl/N-ethyl adjacent to an activating group) is 1. The standard InChI is InChI=1S/C17H25ClFN/c1-2-20-16(10-7-13-5-3-4-6-13)11-14-8-9-15(19)12-17(14)18/h8-9,12-13,16,20H,2-7,10-11H2,1H3. The van der Waals surface area contributed by atoms with E-state index < -0.39 is 0 Å². The van der Waals surface area contributed by atoms with Crippen LogP contribution in [0.5, 0.6) is 0 Å². The highest BCUT2D eigenvalue weighted by Crippen LogP contribution is 2.29. The maximum atomic E-state index is 13.1. The lowest BCUT2D eigenvalue weighted by molar-refractivity contribution is 0.407. The Balaban J connectivity index is 1.90. The van der Waals surface area contributed by atoms with Crippen LogP contribution in [-0.4, -0.2) is 12.6 Å². The van der Waals surface area contributed by atoms with Crippen molar-refractivity contribution < 1.29 is 4.39 Å². The lowest BCUT2D eigenvalue weighted by Crippen LogP contribution is -2.31. The van der Waals surface area contributed by atoms with Gasteiger partial charge in [-0.05, 0) is 49.4 Å². The van der Waals surface area contributed by atoms with Crippen molar-refractivity contribution in [2.45, 2.75) is 57.9 Å². The molecule has 112 valence electrons. The third-order valence-corrected chi connectivity index (χ3v) is 4.72. The van der Waals surface area contributed by atoms with Gasteiger partial charge in [0.05, 0.1) is 0 Å². The summed E-state index contributed by atoms with van der Waals surface area (Å²) >= 11 is 6.13. The second-order valence-electron chi connectivity index (χ2n) is 5.92. The van der Waals surface area contributed by atoms with Gasteiger partial charge in [-0.15, -0.1) is 0 Å². The molecule has 0 bridgehead atoms. The van der Waals surface area contributed by atoms with Gasteiger partial charge in [0.15, 0.2) is 0 Å². The number of hydrogen-bond acceptors (Lipinski definition) is 1. The smallest absolute Gasteiger partial charge is 0.124 e. The van der Waals surface area contributed by atoms with E-state index in [9.17, 15) is 4.39 Å². The SMILES string of the molecule is CCNC(CCC1CCCC1)Cc1ccc(F)cc1Cl. The van der Waals surface area contributed by atoms with Crippen molar-refractivity contribution in [3.05, 3.63) is 34.6 Å². The van der Waals surface area contributed by atoms with Gasteiger partial charge in [-0.2, -0.15) is 0 Å². The highest BCUT2D eigenvalue weighted by molar-refractivity contribution is 6.31. The van der Waals surface area contributed by atoms with Gasteiger partial charge in [-0.25, -0.2) is 4.39 Å². The van der Waals surface area contributed by atoms with Crippen molar-refractivity contribution in [1.82, 2.24) is 5.32 Å². The molecule has 1 nitrogen and oxygen atoms in total. The molecule has 3 heteroatoms. The fourth-order valence-corrected chi connectivity index (χ4v) is 3.50. The van der Waals surface area contributed by atoms with E-state index in [1.807, 2.05) is 6.07 Å². The molecule has 1 fully saturated rings. The summed E-state index contributed by atoms with van der Waals surface area (Å²) in [5.41, 5.74) is 1.05. The van der Waals surface area contributed by atoms with E-state index in [1.165, 1.54) is 50.7 Å². The maximum Gasteiger partial charge on any atom is 0.124 e. The van der Waals surface area contributed by atoms with Crippen LogP contribution in [-0.2, 0) is 6.42 Å². The first-order valence-electron chi connectivity index (χ1n) is 7.86. The second kappa shape index (κ2) is 7.99. The Labute approximate surface area is 126 Å². The van der Waals surface area contributed by atoms with E-state index in [1.54, 1.807) is 0 Å². The van der Waals surface area contributed by atoms with Gasteiger partial charge in [0.25, 0.3) is 0 Å². The van der Waals surface area contributed by atoms with E-state index in [0.717, 1.165) is 24.4 Å². The Hall–Kier alpha value is -0.600. The molecule has 1 aliphatic rings. The number of nitrogens with one attached hydrogen (secondary N) is 1. The number of hydrogen-bond donors (Lipinski definition) is 1. The minimum Gasteiger partial charge on any atom is -0.314 e. The predicted octanol–water partition coefficient (Wildman–Crippen LogP) is 4.97. The van der Waals surface area contributed by atoms with Gasteiger partial charge in [0, 0.05) is 11.1 Å². The summed E-state index contributed by atoms with van der Waals surface area (Å²) in [6.45, 7) is 3.10. The molecule has 1 atom stereocenters. The highest BCUT2D eigenvalue weighted by Gasteiger charge is 2.18. The average Bonchev–Trinajstić information content (AvgIpc) is 2.92. The van der Waals surface area contributed by atoms with E-state index in [-0.39, 0.29) is 5.82 Å². The fourth-order valence-electron chi connectivity index (χ4n) is 3.25. The van der Waals surface area contributed by atoms with E-state index in [2.05, 4.69) is 12.2 Å². The Morgan fingerprint density at radius 1 is 1.35 bits per heavy atom. The Kier molecular flexibility index (Phi) is 6.31. The predicted molar refractivity (Wildman–Crippen MR) is 83.8 cm³/mol. The first-order chi connectivity index (χ1) is 9.69. The molecule has 1 unspecified atom stereocenters. The Bertz CT molecular complexity index is 415. The Morgan fingerprint density at radius 2 is 2.10 bits per heavy atom. The summed E-state index contributed by atoms with van der Waals surface area (Å²) in [4.78, 5) is 0. The van der Waals surface area contributed by atoms with Gasteiger partial charge < -0.3 is 5.32 Å². The molecule has 1 aromatic rings. The van der Waals surface area contributed by atoms with Gasteiger partial charge >= 0.3 is 0 Å². The first-order valence-corrected chi connectivity index (χ1v) is 8.24. The summed E-state index contributed by atoms with van der Waals surface area (Å²) < 4.78 is 13.1. The molecule has 1 N–H and O–H groups in total. The molecular formula is C17H25ClFN. The number of halogens is 2. The van der Waals surface area contributed by atoms with Crippen LogP contribution in [0.3, 0.4) is 0 Å². The van der Waals surface area contributed by atoms with Gasteiger partial charge in [-0.1, -0.05) is 50.3 Å². The summed E-state index contributed by atoms with van der Waals surface area (Å²) in [5.74, 6) is 0.657. The molecule has 0 radical (unpaired) electrons. The van der Waals surface area contributed by atoms with Crippen LogP contribution < -0.4 is 5.32 Å². The quantitative estimate of drug-likeness (QED) is 0.749. The minimum atomic E-state index is -0.260. The summed E-state index contributed by atoms with van der Waals surface area (Å²) in [5, 5.41) is 4.09. The lowest BCUT2D eigenvalue weighted by atomic mass is 9.95. The molecule has 1 aromatic carbocycles. The molecule has 0 aromatic heterocycles. The zero-order valence-electron chi connectivity index (χ0n) is 12.3. The van der Waals surface area contributed by atoms with E-state index in [0.29, 0.717) is 11.1 Å². The van der Waals surface area contributed by atoms with Gasteiger partial charge in [0.1, 0.15) is 5.82 Å². The van der Waals surface area contributed by atoms with E-state index >= 15 is 0 Å². The lowest BCUT2D eigenvalue weighted by Gasteiger charge is -2.20. The van der Waals surface area contributed by atoms with Crippen molar-refractivity contribution in [2.24, 2.45) is 5.92 Å². The summed E-state index contributed by atoms with van der Waals surface area (Å²) in [7, 11) is 0. The van der Waals surface area contributed by atoms with Crippen molar-refractivity contribution in [3.63, 3.8) is 0 Å². The normalized spacial score (nSPS) is 17.6. The monoisotopic (exact) mass is 297 g/mol. The molecule has 0 aliphatic heterocycles. The molecule has 2 rings (SSSR count). The molecule has 1 saturated carbocycles. The van der Waals surface area contributed by atoms with Crippen LogP contribution in [0.1, 0.15) is 51.0 Å². The zero-order chi connectivity index (χ0) is 14.4. The third kappa shape index (κ3) is 4.75. The maximum absolute atomic E-state index is 13.1. The largest absolute Gasteiger partial charge is 0.314 e. The van der Waals surface area contributed by atoms with Gasteiger partial charge in [0.2, 0.25) is 0 Å². The van der Waals surface area contributed by atoms with E-state index in [4.69, 9.17) is 11.6 Å². The molecule has 0 spiro atoms. The molecule has 0 amide bonds. The molecule has 0 heterocycles. The third-order valence-electron chi connectivity index (χ3n) is 4.37. The average molecular weight is 298 g/mol. The topological polar surface area (TPSA) is 12.0 Å². The molecular weight excluding hydrogens is 273 g/mol. The second-order valence-corrected chi connectivity index (χ2v) is 6.33. The highest BCUT2D eigenvalue weighted by atomic mass is 35.5. The fraction of sp³-hybridized carbons (Fsp3) is 0.647. The molecule has 0 saturated heterocycles. The summed E-state index contributed by atoms with van der Waals surface area (Å²) in [6.07, 6.45) is 8.98. The molecule has 20 heavy (non-hydrogen) atoms. The summed E-state index contributed by atoms with van der Waals surface area (Å²) in [6, 6.07) is 5.18. The van der Waals surface area contributed by atoms with Crippen LogP contribution >= 0.6 is 11.6 Å². The van der Waals surface area contributed by atoms with Gasteiger partial charge in [-0.3, -0.25) is 0 Å². The minimum absolute atomic E-state index is 0.260. The van der Waals surface area contributed by atoms with Crippen LogP contribution in [0, 0.1) is 11.7 Å².